The molecule has 142 valence electrons. The van der Waals surface area contributed by atoms with E-state index < -0.39 is 47.3 Å². The molecular weight excluding hydrogens is 347 g/mol. The number of benzene rings is 1. The SMILES string of the molecule is NC(=O)C1=C(F)C=CC(C(CO)C(N)C(N)Cc2cc(F)cc(F)c2)C1. The van der Waals surface area contributed by atoms with Crippen LogP contribution < -0.4 is 17.2 Å². The molecule has 2 rings (SSSR count). The molecule has 0 bridgehead atoms. The van der Waals surface area contributed by atoms with Gasteiger partial charge in [0.2, 0.25) is 5.91 Å². The number of primary amides is 1. The first-order valence-corrected chi connectivity index (χ1v) is 8.16. The summed E-state index contributed by atoms with van der Waals surface area (Å²) in [5.74, 6) is -4.04. The third kappa shape index (κ3) is 4.72. The van der Waals surface area contributed by atoms with Gasteiger partial charge in [-0.1, -0.05) is 6.08 Å². The fraction of sp³-hybridized carbons (Fsp3) is 0.389. The minimum Gasteiger partial charge on any atom is -0.396 e. The Morgan fingerprint density at radius 2 is 1.81 bits per heavy atom. The first kappa shape index (κ1) is 20.2. The van der Waals surface area contributed by atoms with Crippen molar-refractivity contribution in [3.05, 3.63) is 58.9 Å². The van der Waals surface area contributed by atoms with Crippen molar-refractivity contribution in [1.82, 2.24) is 0 Å². The van der Waals surface area contributed by atoms with Crippen LogP contribution in [0.25, 0.3) is 0 Å². The second-order valence-electron chi connectivity index (χ2n) is 6.49. The van der Waals surface area contributed by atoms with Gasteiger partial charge in [-0.25, -0.2) is 13.2 Å². The Hall–Kier alpha value is -2.16. The number of amides is 1. The van der Waals surface area contributed by atoms with Gasteiger partial charge < -0.3 is 22.3 Å². The summed E-state index contributed by atoms with van der Waals surface area (Å²) >= 11 is 0. The van der Waals surface area contributed by atoms with Crippen LogP contribution >= 0.6 is 0 Å². The highest BCUT2D eigenvalue weighted by atomic mass is 19.1. The molecule has 0 aromatic heterocycles. The van der Waals surface area contributed by atoms with Crippen molar-refractivity contribution in [3.8, 4) is 0 Å². The number of carbonyl (C=O) groups is 1. The third-order valence-corrected chi connectivity index (χ3v) is 4.66. The Morgan fingerprint density at radius 1 is 1.19 bits per heavy atom. The molecule has 8 heteroatoms. The summed E-state index contributed by atoms with van der Waals surface area (Å²) in [6.45, 7) is -0.352. The molecule has 26 heavy (non-hydrogen) atoms. The van der Waals surface area contributed by atoms with Crippen LogP contribution in [0.3, 0.4) is 0 Å². The molecule has 0 radical (unpaired) electrons. The van der Waals surface area contributed by atoms with Gasteiger partial charge in [-0.3, -0.25) is 4.79 Å². The maximum atomic E-state index is 13.7. The molecule has 0 heterocycles. The van der Waals surface area contributed by atoms with E-state index in [1.54, 1.807) is 0 Å². The number of aliphatic hydroxyl groups is 1. The van der Waals surface area contributed by atoms with Crippen LogP contribution in [0.4, 0.5) is 13.2 Å². The summed E-state index contributed by atoms with van der Waals surface area (Å²) in [5, 5.41) is 9.73. The van der Waals surface area contributed by atoms with E-state index in [4.69, 9.17) is 17.2 Å². The zero-order chi connectivity index (χ0) is 19.4. The maximum Gasteiger partial charge on any atom is 0.247 e. The number of aliphatic hydroxyl groups excluding tert-OH is 1. The lowest BCUT2D eigenvalue weighted by atomic mass is 9.77. The Balaban J connectivity index is 2.11. The average molecular weight is 369 g/mol. The molecule has 4 atom stereocenters. The highest BCUT2D eigenvalue weighted by Gasteiger charge is 2.33. The molecule has 1 aromatic carbocycles. The lowest BCUT2D eigenvalue weighted by Gasteiger charge is -2.33. The van der Waals surface area contributed by atoms with Gasteiger partial charge in [-0.2, -0.15) is 0 Å². The molecule has 0 fully saturated rings. The molecule has 0 spiro atoms. The van der Waals surface area contributed by atoms with E-state index in [0.717, 1.165) is 24.3 Å². The van der Waals surface area contributed by atoms with E-state index in [2.05, 4.69) is 0 Å². The highest BCUT2D eigenvalue weighted by molar-refractivity contribution is 5.93. The number of hydrogen-bond acceptors (Lipinski definition) is 4. The van der Waals surface area contributed by atoms with Crippen LogP contribution in [0, 0.1) is 23.5 Å². The minimum atomic E-state index is -0.873. The van der Waals surface area contributed by atoms with Crippen LogP contribution in [0.1, 0.15) is 12.0 Å². The van der Waals surface area contributed by atoms with Gasteiger partial charge >= 0.3 is 0 Å². The van der Waals surface area contributed by atoms with Crippen molar-refractivity contribution in [3.63, 3.8) is 0 Å². The van der Waals surface area contributed by atoms with Gasteiger partial charge in [0.1, 0.15) is 17.5 Å². The lowest BCUT2D eigenvalue weighted by molar-refractivity contribution is -0.115. The average Bonchev–Trinajstić information content (AvgIpc) is 2.55. The fourth-order valence-corrected chi connectivity index (χ4v) is 3.22. The number of allylic oxidation sites excluding steroid dienone is 3. The van der Waals surface area contributed by atoms with E-state index in [0.29, 0.717) is 5.56 Å². The van der Waals surface area contributed by atoms with E-state index in [1.807, 2.05) is 0 Å². The van der Waals surface area contributed by atoms with Crippen molar-refractivity contribution in [2.24, 2.45) is 29.0 Å². The molecule has 0 saturated heterocycles. The molecule has 1 aliphatic rings. The minimum absolute atomic E-state index is 0.00208. The molecular formula is C18H22F3N3O2. The fourth-order valence-electron chi connectivity index (χ4n) is 3.22. The number of rotatable bonds is 7. The second-order valence-corrected chi connectivity index (χ2v) is 6.49. The summed E-state index contributed by atoms with van der Waals surface area (Å²) in [5.41, 5.74) is 17.6. The molecule has 0 saturated carbocycles. The van der Waals surface area contributed by atoms with Crippen molar-refractivity contribution in [1.29, 1.82) is 0 Å². The Labute approximate surface area is 149 Å². The van der Waals surface area contributed by atoms with Crippen molar-refractivity contribution < 1.29 is 23.1 Å². The molecule has 0 aliphatic heterocycles. The maximum absolute atomic E-state index is 13.7. The summed E-state index contributed by atoms with van der Waals surface area (Å²) in [6.07, 6.45) is 2.72. The molecule has 1 aromatic rings. The van der Waals surface area contributed by atoms with Crippen LogP contribution in [0.5, 0.6) is 0 Å². The Morgan fingerprint density at radius 3 is 2.35 bits per heavy atom. The molecule has 1 amide bonds. The van der Waals surface area contributed by atoms with Gasteiger partial charge in [0.25, 0.3) is 0 Å². The number of hydrogen-bond donors (Lipinski definition) is 4. The number of nitrogens with two attached hydrogens (primary N) is 3. The Bertz CT molecular complexity index is 716. The predicted octanol–water partition coefficient (Wildman–Crippen LogP) is 1.06. The second kappa shape index (κ2) is 8.48. The molecule has 4 unspecified atom stereocenters. The van der Waals surface area contributed by atoms with Crippen LogP contribution in [-0.4, -0.2) is 29.7 Å². The van der Waals surface area contributed by atoms with Gasteiger partial charge in [0, 0.05) is 30.7 Å². The summed E-state index contributed by atoms with van der Waals surface area (Å²) in [6, 6.07) is 1.61. The summed E-state index contributed by atoms with van der Waals surface area (Å²) in [4.78, 5) is 11.3. The van der Waals surface area contributed by atoms with Crippen molar-refractivity contribution in [2.45, 2.75) is 24.9 Å². The number of carbonyl (C=O) groups excluding carboxylic acids is 1. The normalized spacial score (nSPS) is 20.8. The van der Waals surface area contributed by atoms with E-state index in [9.17, 15) is 23.1 Å². The van der Waals surface area contributed by atoms with Crippen LogP contribution in [-0.2, 0) is 11.2 Å². The Kier molecular flexibility index (Phi) is 6.57. The van der Waals surface area contributed by atoms with Gasteiger partial charge in [-0.05, 0) is 42.5 Å². The summed E-state index contributed by atoms with van der Waals surface area (Å²) in [7, 11) is 0. The van der Waals surface area contributed by atoms with E-state index in [-0.39, 0.29) is 25.0 Å². The van der Waals surface area contributed by atoms with Gasteiger partial charge in [0.05, 0.1) is 5.57 Å². The van der Waals surface area contributed by atoms with Crippen molar-refractivity contribution in [2.75, 3.05) is 6.61 Å². The lowest BCUT2D eigenvalue weighted by Crippen LogP contribution is -2.51. The van der Waals surface area contributed by atoms with E-state index in [1.165, 1.54) is 6.08 Å². The zero-order valence-corrected chi connectivity index (χ0v) is 14.0. The quantitative estimate of drug-likeness (QED) is 0.575. The van der Waals surface area contributed by atoms with E-state index >= 15 is 0 Å². The monoisotopic (exact) mass is 369 g/mol. The molecule has 1 aliphatic carbocycles. The van der Waals surface area contributed by atoms with Crippen molar-refractivity contribution >= 4 is 5.91 Å². The largest absolute Gasteiger partial charge is 0.396 e. The zero-order valence-electron chi connectivity index (χ0n) is 14.0. The standard InChI is InChI=1S/C18H22F3N3O2/c19-11-3-9(4-12(20)7-11)5-16(22)17(23)14(8-25)10-1-2-15(21)13(6-10)18(24)26/h1-4,7,10,14,16-17,25H,5-6,8,22-23H2,(H2,24,26). The smallest absolute Gasteiger partial charge is 0.247 e. The third-order valence-electron chi connectivity index (χ3n) is 4.66. The first-order valence-electron chi connectivity index (χ1n) is 8.16. The summed E-state index contributed by atoms with van der Waals surface area (Å²) < 4.78 is 40.3. The molecule has 5 nitrogen and oxygen atoms in total. The van der Waals surface area contributed by atoms with Crippen LogP contribution in [0.2, 0.25) is 0 Å². The predicted molar refractivity (Wildman–Crippen MR) is 91.2 cm³/mol. The van der Waals surface area contributed by atoms with Gasteiger partial charge in [-0.15, -0.1) is 0 Å². The first-order chi connectivity index (χ1) is 12.2. The highest BCUT2D eigenvalue weighted by Crippen LogP contribution is 2.31. The topological polar surface area (TPSA) is 115 Å². The number of halogens is 3. The van der Waals surface area contributed by atoms with Crippen LogP contribution in [0.15, 0.2) is 41.8 Å². The van der Waals surface area contributed by atoms with Gasteiger partial charge in [0.15, 0.2) is 0 Å². The molecule has 7 N–H and O–H groups in total.